The van der Waals surface area contributed by atoms with Crippen molar-refractivity contribution in [3.63, 3.8) is 0 Å². The third-order valence-corrected chi connectivity index (χ3v) is 5.98. The smallest absolute Gasteiger partial charge is 0.294 e. The van der Waals surface area contributed by atoms with Gasteiger partial charge in [-0.05, 0) is 18.6 Å². The Labute approximate surface area is 180 Å². The van der Waals surface area contributed by atoms with Crippen LogP contribution in [0, 0.1) is 0 Å². The van der Waals surface area contributed by atoms with Gasteiger partial charge in [0.25, 0.3) is 5.56 Å². The van der Waals surface area contributed by atoms with Gasteiger partial charge in [-0.1, -0.05) is 6.92 Å². The molecule has 5 rings (SSSR count). The molecule has 2 saturated heterocycles. The quantitative estimate of drug-likeness (QED) is 0.545. The molecule has 0 radical (unpaired) electrons. The van der Waals surface area contributed by atoms with Gasteiger partial charge in [0.15, 0.2) is 5.82 Å². The van der Waals surface area contributed by atoms with E-state index < -0.39 is 0 Å². The highest BCUT2D eigenvalue weighted by Gasteiger charge is 2.47. The fourth-order valence-electron chi connectivity index (χ4n) is 4.11. The molecule has 0 saturated carbocycles. The number of methoxy groups -OCH3 is 1. The summed E-state index contributed by atoms with van der Waals surface area (Å²) in [4.78, 5) is 29.1. The van der Waals surface area contributed by atoms with Gasteiger partial charge in [-0.25, -0.2) is 9.97 Å². The van der Waals surface area contributed by atoms with Crippen molar-refractivity contribution in [2.24, 2.45) is 0 Å². The molecule has 0 aliphatic carbocycles. The first kappa shape index (κ1) is 19.9. The van der Waals surface area contributed by atoms with Crippen LogP contribution in [-0.4, -0.2) is 65.0 Å². The lowest BCUT2D eigenvalue weighted by Gasteiger charge is -2.56. The maximum atomic E-state index is 13.4. The lowest BCUT2D eigenvalue weighted by Crippen LogP contribution is -2.78. The van der Waals surface area contributed by atoms with Crippen molar-refractivity contribution >= 4 is 16.9 Å². The molecule has 2 unspecified atom stereocenters. The summed E-state index contributed by atoms with van der Waals surface area (Å²) in [6, 6.07) is 6.43. The SMILES string of the molecule is CCCOCCn1c(=O)c(N2CC3NCC32)nc2cnc(-c3ccc(OC)nc3)cc21. The van der Waals surface area contributed by atoms with Gasteiger partial charge in [0, 0.05) is 50.1 Å². The van der Waals surface area contributed by atoms with Crippen LogP contribution < -0.4 is 20.5 Å². The predicted octanol–water partition coefficient (Wildman–Crippen LogP) is 1.45. The van der Waals surface area contributed by atoms with Crippen LogP contribution >= 0.6 is 0 Å². The summed E-state index contributed by atoms with van der Waals surface area (Å²) in [6.07, 6.45) is 4.39. The molecule has 9 nitrogen and oxygen atoms in total. The Morgan fingerprint density at radius 1 is 1.23 bits per heavy atom. The number of nitrogens with one attached hydrogen (secondary N) is 1. The average Bonchev–Trinajstić information content (AvgIpc) is 2.79. The Balaban J connectivity index is 1.55. The van der Waals surface area contributed by atoms with E-state index in [0.29, 0.717) is 49.1 Å². The molecule has 9 heteroatoms. The van der Waals surface area contributed by atoms with Crippen molar-refractivity contribution in [1.82, 2.24) is 24.8 Å². The van der Waals surface area contributed by atoms with Gasteiger partial charge in [-0.15, -0.1) is 0 Å². The summed E-state index contributed by atoms with van der Waals surface area (Å²) in [5, 5.41) is 3.37. The normalized spacial score (nSPS) is 19.6. The molecule has 3 aromatic rings. The largest absolute Gasteiger partial charge is 0.481 e. The van der Waals surface area contributed by atoms with E-state index in [-0.39, 0.29) is 5.56 Å². The van der Waals surface area contributed by atoms with E-state index in [1.807, 2.05) is 12.1 Å². The van der Waals surface area contributed by atoms with Gasteiger partial charge < -0.3 is 24.3 Å². The number of piperazine rings is 1. The van der Waals surface area contributed by atoms with Gasteiger partial charge in [-0.2, -0.15) is 0 Å². The molecular formula is C22H26N6O3. The van der Waals surface area contributed by atoms with E-state index in [1.54, 1.807) is 30.1 Å². The van der Waals surface area contributed by atoms with Crippen LogP contribution in [0.5, 0.6) is 5.88 Å². The summed E-state index contributed by atoms with van der Waals surface area (Å²) in [7, 11) is 1.58. The van der Waals surface area contributed by atoms with E-state index in [2.05, 4.69) is 27.1 Å². The van der Waals surface area contributed by atoms with Crippen LogP contribution in [0.1, 0.15) is 13.3 Å². The van der Waals surface area contributed by atoms with E-state index in [9.17, 15) is 4.79 Å². The summed E-state index contributed by atoms with van der Waals surface area (Å²) < 4.78 is 12.6. The lowest BCUT2D eigenvalue weighted by atomic mass is 9.89. The predicted molar refractivity (Wildman–Crippen MR) is 118 cm³/mol. The molecule has 1 N–H and O–H groups in total. The van der Waals surface area contributed by atoms with Gasteiger partial charge in [0.05, 0.1) is 37.2 Å². The molecule has 0 amide bonds. The Morgan fingerprint density at radius 2 is 2.13 bits per heavy atom. The minimum absolute atomic E-state index is 0.0806. The second-order valence-corrected chi connectivity index (χ2v) is 7.89. The number of rotatable bonds is 8. The van der Waals surface area contributed by atoms with Crippen LogP contribution in [0.25, 0.3) is 22.3 Å². The Bertz CT molecular complexity index is 1150. The second kappa shape index (κ2) is 8.24. The van der Waals surface area contributed by atoms with Crippen LogP contribution in [0.15, 0.2) is 35.4 Å². The van der Waals surface area contributed by atoms with Crippen LogP contribution in [0.2, 0.25) is 0 Å². The molecule has 2 aliphatic rings. The minimum atomic E-state index is -0.0806. The van der Waals surface area contributed by atoms with E-state index in [1.165, 1.54) is 0 Å². The highest BCUT2D eigenvalue weighted by Crippen LogP contribution is 2.29. The maximum absolute atomic E-state index is 13.4. The van der Waals surface area contributed by atoms with E-state index in [4.69, 9.17) is 14.5 Å². The molecular weight excluding hydrogens is 396 g/mol. The molecule has 2 aliphatic heterocycles. The Morgan fingerprint density at radius 3 is 2.77 bits per heavy atom. The molecule has 0 spiro atoms. The maximum Gasteiger partial charge on any atom is 0.294 e. The molecule has 5 heterocycles. The number of hydrogen-bond donors (Lipinski definition) is 1. The van der Waals surface area contributed by atoms with Crippen LogP contribution in [-0.2, 0) is 11.3 Å². The van der Waals surface area contributed by atoms with Crippen molar-refractivity contribution in [3.8, 4) is 17.1 Å². The molecule has 2 atom stereocenters. The molecule has 2 fully saturated rings. The molecule has 31 heavy (non-hydrogen) atoms. The topological polar surface area (TPSA) is 94.4 Å². The van der Waals surface area contributed by atoms with Crippen molar-refractivity contribution in [3.05, 3.63) is 40.9 Å². The molecule has 3 aromatic heterocycles. The fourth-order valence-corrected chi connectivity index (χ4v) is 4.11. The average molecular weight is 422 g/mol. The number of aromatic nitrogens is 4. The van der Waals surface area contributed by atoms with Crippen molar-refractivity contribution in [2.75, 3.05) is 38.3 Å². The first-order valence-corrected chi connectivity index (χ1v) is 10.7. The number of pyridine rings is 2. The zero-order chi connectivity index (χ0) is 21.4. The monoisotopic (exact) mass is 422 g/mol. The van der Waals surface area contributed by atoms with Crippen LogP contribution in [0.4, 0.5) is 5.82 Å². The third-order valence-electron chi connectivity index (χ3n) is 5.98. The Hall–Kier alpha value is -3.04. The summed E-state index contributed by atoms with van der Waals surface area (Å²) in [5.74, 6) is 1.05. The Kier molecular flexibility index (Phi) is 5.29. The van der Waals surface area contributed by atoms with Crippen molar-refractivity contribution in [1.29, 1.82) is 0 Å². The van der Waals surface area contributed by atoms with E-state index >= 15 is 0 Å². The lowest BCUT2D eigenvalue weighted by molar-refractivity contribution is 0.127. The number of hydrogen-bond acceptors (Lipinski definition) is 8. The number of fused-ring (bicyclic) bond motifs is 2. The third kappa shape index (κ3) is 3.53. The van der Waals surface area contributed by atoms with Gasteiger partial charge in [0.1, 0.15) is 5.52 Å². The zero-order valence-electron chi connectivity index (χ0n) is 17.7. The highest BCUT2D eigenvalue weighted by atomic mass is 16.5. The standard InChI is InChI=1S/C22H26N6O3/c1-3-7-31-8-6-27-18-9-15(14-4-5-20(30-2)25-10-14)23-11-16(18)26-21(22(27)29)28-13-17-19(28)12-24-17/h4-5,9-11,17,19,24H,3,6-8,12-13H2,1-2H3. The molecule has 0 aromatic carbocycles. The van der Waals surface area contributed by atoms with Gasteiger partial charge in [0.2, 0.25) is 5.88 Å². The first-order valence-electron chi connectivity index (χ1n) is 10.7. The van der Waals surface area contributed by atoms with Gasteiger partial charge in [-0.3, -0.25) is 9.78 Å². The highest BCUT2D eigenvalue weighted by molar-refractivity contribution is 5.80. The second-order valence-electron chi connectivity index (χ2n) is 7.89. The summed E-state index contributed by atoms with van der Waals surface area (Å²) in [6.45, 7) is 5.40. The first-order chi connectivity index (χ1) is 15.2. The summed E-state index contributed by atoms with van der Waals surface area (Å²) >= 11 is 0. The fraction of sp³-hybridized carbons (Fsp3) is 0.455. The summed E-state index contributed by atoms with van der Waals surface area (Å²) in [5.41, 5.74) is 2.94. The number of nitrogens with zero attached hydrogens (tertiary/aromatic N) is 5. The molecule has 0 bridgehead atoms. The number of ether oxygens (including phenoxy) is 2. The van der Waals surface area contributed by atoms with Crippen LogP contribution in [0.3, 0.4) is 0 Å². The number of anilines is 1. The zero-order valence-corrected chi connectivity index (χ0v) is 17.7. The minimum Gasteiger partial charge on any atom is -0.481 e. The van der Waals surface area contributed by atoms with E-state index in [0.717, 1.165) is 36.3 Å². The van der Waals surface area contributed by atoms with Gasteiger partial charge >= 0.3 is 0 Å². The van der Waals surface area contributed by atoms with Crippen molar-refractivity contribution < 1.29 is 9.47 Å². The molecule has 162 valence electrons. The van der Waals surface area contributed by atoms with Crippen molar-refractivity contribution in [2.45, 2.75) is 32.0 Å².